The van der Waals surface area contributed by atoms with E-state index in [1.807, 2.05) is 30.5 Å². The molecule has 6 rings (SSSR count). The Balaban J connectivity index is 1.34. The lowest BCUT2D eigenvalue weighted by atomic mass is 9.99. The highest BCUT2D eigenvalue weighted by Crippen LogP contribution is 2.35. The highest BCUT2D eigenvalue weighted by atomic mass is 19.1. The maximum atomic E-state index is 14.1. The molecule has 0 atom stereocenters. The second kappa shape index (κ2) is 7.86. The third-order valence-electron chi connectivity index (χ3n) is 6.22. The van der Waals surface area contributed by atoms with Crippen molar-refractivity contribution in [2.45, 2.75) is 6.54 Å². The molecule has 2 aliphatic heterocycles. The zero-order valence-electron chi connectivity index (χ0n) is 17.8. The number of anilines is 3. The Morgan fingerprint density at radius 3 is 2.73 bits per heavy atom. The van der Waals surface area contributed by atoms with E-state index in [0.29, 0.717) is 23.6 Å². The van der Waals surface area contributed by atoms with Crippen LogP contribution in [0.1, 0.15) is 15.9 Å². The Labute approximate surface area is 189 Å². The Bertz CT molecular complexity index is 1360. The standard InChI is InChI=1S/C24H22FN7O/c25-18-2-1-9-32-20(14-28-23(18)32)16-4-5-19(22-17(16)13-29-24(22)33)30-21-6-3-15(12-27-21)31-10-7-26-8-11-31/h1-6,9,12,14,26H,7-8,10-11,13H2,(H,27,30)(H,29,33). The van der Waals surface area contributed by atoms with Gasteiger partial charge < -0.3 is 20.9 Å². The van der Waals surface area contributed by atoms with Gasteiger partial charge in [0.25, 0.3) is 5.91 Å². The first-order chi connectivity index (χ1) is 16.2. The highest BCUT2D eigenvalue weighted by Gasteiger charge is 2.27. The number of nitrogens with zero attached hydrogens (tertiary/aromatic N) is 4. The molecule has 3 aromatic heterocycles. The second-order valence-corrected chi connectivity index (χ2v) is 8.15. The summed E-state index contributed by atoms with van der Waals surface area (Å²) >= 11 is 0. The summed E-state index contributed by atoms with van der Waals surface area (Å²) in [5.41, 5.74) is 5.04. The van der Waals surface area contributed by atoms with Crippen molar-refractivity contribution < 1.29 is 9.18 Å². The first-order valence-electron chi connectivity index (χ1n) is 10.9. The van der Waals surface area contributed by atoms with Crippen LogP contribution in [0.3, 0.4) is 0 Å². The molecule has 0 radical (unpaired) electrons. The van der Waals surface area contributed by atoms with Gasteiger partial charge in [0.05, 0.1) is 35.0 Å². The molecule has 4 aromatic rings. The highest BCUT2D eigenvalue weighted by molar-refractivity contribution is 6.06. The van der Waals surface area contributed by atoms with Crippen molar-refractivity contribution in [3.05, 3.63) is 71.9 Å². The molecule has 1 fully saturated rings. The van der Waals surface area contributed by atoms with Crippen LogP contribution in [0.5, 0.6) is 0 Å². The van der Waals surface area contributed by atoms with Gasteiger partial charge in [0.1, 0.15) is 5.82 Å². The number of aromatic nitrogens is 3. The molecular weight excluding hydrogens is 421 g/mol. The van der Waals surface area contributed by atoms with Crippen molar-refractivity contribution in [2.24, 2.45) is 0 Å². The SMILES string of the molecule is O=C1NCc2c(-c3cnc4c(F)cccn34)ccc(Nc3ccc(N4CCNCC4)cn3)c21. The second-order valence-electron chi connectivity index (χ2n) is 8.15. The molecule has 2 aliphatic rings. The summed E-state index contributed by atoms with van der Waals surface area (Å²) in [6.45, 7) is 4.24. The summed E-state index contributed by atoms with van der Waals surface area (Å²) in [5, 5.41) is 9.56. The largest absolute Gasteiger partial charge is 0.368 e. The number of carbonyl (C=O) groups is 1. The molecule has 1 saturated heterocycles. The predicted octanol–water partition coefficient (Wildman–Crippen LogP) is 2.93. The first kappa shape index (κ1) is 19.7. The Hall–Kier alpha value is -3.98. The molecule has 33 heavy (non-hydrogen) atoms. The Morgan fingerprint density at radius 1 is 1.03 bits per heavy atom. The fraction of sp³-hybridized carbons (Fsp3) is 0.208. The maximum absolute atomic E-state index is 14.1. The fourth-order valence-electron chi connectivity index (χ4n) is 4.58. The van der Waals surface area contributed by atoms with Crippen LogP contribution < -0.4 is 20.9 Å². The van der Waals surface area contributed by atoms with Crippen LogP contribution in [0, 0.1) is 5.82 Å². The Kier molecular flexibility index (Phi) is 4.69. The normalized spacial score (nSPS) is 15.5. The number of benzene rings is 1. The number of hydrogen-bond donors (Lipinski definition) is 3. The maximum Gasteiger partial charge on any atom is 0.254 e. The van der Waals surface area contributed by atoms with Gasteiger partial charge in [0.2, 0.25) is 0 Å². The van der Waals surface area contributed by atoms with Crippen LogP contribution in [0.15, 0.2) is 55.0 Å². The van der Waals surface area contributed by atoms with Gasteiger partial charge in [-0.3, -0.25) is 9.20 Å². The van der Waals surface area contributed by atoms with Crippen molar-refractivity contribution in [2.75, 3.05) is 36.4 Å². The summed E-state index contributed by atoms with van der Waals surface area (Å²) < 4.78 is 15.8. The van der Waals surface area contributed by atoms with Gasteiger partial charge in [-0.15, -0.1) is 0 Å². The number of piperazine rings is 1. The third kappa shape index (κ3) is 3.37. The van der Waals surface area contributed by atoms with Crippen molar-refractivity contribution in [1.82, 2.24) is 25.0 Å². The van der Waals surface area contributed by atoms with Crippen molar-refractivity contribution in [3.63, 3.8) is 0 Å². The van der Waals surface area contributed by atoms with Crippen molar-refractivity contribution in [1.29, 1.82) is 0 Å². The monoisotopic (exact) mass is 443 g/mol. The van der Waals surface area contributed by atoms with Crippen LogP contribution >= 0.6 is 0 Å². The number of halogens is 1. The molecule has 3 N–H and O–H groups in total. The molecule has 0 spiro atoms. The summed E-state index contributed by atoms with van der Waals surface area (Å²) in [4.78, 5) is 23.8. The molecule has 0 saturated carbocycles. The van der Waals surface area contributed by atoms with Gasteiger partial charge in [0, 0.05) is 44.5 Å². The molecule has 0 bridgehead atoms. The van der Waals surface area contributed by atoms with Crippen LogP contribution in [0.2, 0.25) is 0 Å². The number of rotatable bonds is 4. The van der Waals surface area contributed by atoms with Crippen LogP contribution in [-0.4, -0.2) is 46.5 Å². The van der Waals surface area contributed by atoms with E-state index in [9.17, 15) is 9.18 Å². The van der Waals surface area contributed by atoms with Gasteiger partial charge in [-0.25, -0.2) is 14.4 Å². The minimum Gasteiger partial charge on any atom is -0.368 e. The quantitative estimate of drug-likeness (QED) is 0.450. The number of fused-ring (bicyclic) bond motifs is 2. The summed E-state index contributed by atoms with van der Waals surface area (Å²) in [7, 11) is 0. The number of amides is 1. The molecule has 9 heteroatoms. The van der Waals surface area contributed by atoms with E-state index >= 15 is 0 Å². The first-order valence-corrected chi connectivity index (χ1v) is 10.9. The fourth-order valence-corrected chi connectivity index (χ4v) is 4.58. The molecule has 1 amide bonds. The lowest BCUT2D eigenvalue weighted by molar-refractivity contribution is 0.0966. The minimum absolute atomic E-state index is 0.146. The molecular formula is C24H22FN7O. The summed E-state index contributed by atoms with van der Waals surface area (Å²) in [6.07, 6.45) is 5.27. The van der Waals surface area contributed by atoms with E-state index in [2.05, 4.69) is 30.8 Å². The molecule has 1 aromatic carbocycles. The van der Waals surface area contributed by atoms with E-state index in [1.165, 1.54) is 6.07 Å². The zero-order valence-corrected chi connectivity index (χ0v) is 17.8. The molecule has 8 nitrogen and oxygen atoms in total. The van der Waals surface area contributed by atoms with Crippen LogP contribution in [0.25, 0.3) is 16.9 Å². The summed E-state index contributed by atoms with van der Waals surface area (Å²) in [6, 6.07) is 10.8. The zero-order chi connectivity index (χ0) is 22.4. The average Bonchev–Trinajstić information content (AvgIpc) is 3.46. The topological polar surface area (TPSA) is 86.6 Å². The van der Waals surface area contributed by atoms with Gasteiger partial charge in [0.15, 0.2) is 11.5 Å². The Morgan fingerprint density at radius 2 is 1.91 bits per heavy atom. The van der Waals surface area contributed by atoms with E-state index in [-0.39, 0.29) is 17.4 Å². The van der Waals surface area contributed by atoms with Crippen molar-refractivity contribution in [3.8, 4) is 11.3 Å². The van der Waals surface area contributed by atoms with Crippen LogP contribution in [-0.2, 0) is 6.54 Å². The molecule has 166 valence electrons. The van der Waals surface area contributed by atoms with E-state index in [4.69, 9.17) is 0 Å². The molecule has 0 unspecified atom stereocenters. The number of carbonyl (C=O) groups excluding carboxylic acids is 1. The van der Waals surface area contributed by atoms with Crippen LogP contribution in [0.4, 0.5) is 21.6 Å². The van der Waals surface area contributed by atoms with Gasteiger partial charge >= 0.3 is 0 Å². The number of pyridine rings is 2. The van der Waals surface area contributed by atoms with Crippen molar-refractivity contribution >= 4 is 28.7 Å². The van der Waals surface area contributed by atoms with E-state index < -0.39 is 0 Å². The predicted molar refractivity (Wildman–Crippen MR) is 124 cm³/mol. The molecule has 5 heterocycles. The van der Waals surface area contributed by atoms with E-state index in [1.54, 1.807) is 22.9 Å². The van der Waals surface area contributed by atoms with Gasteiger partial charge in [-0.1, -0.05) is 6.07 Å². The minimum atomic E-state index is -0.386. The third-order valence-corrected chi connectivity index (χ3v) is 6.22. The lowest BCUT2D eigenvalue weighted by Crippen LogP contribution is -2.43. The number of imidazole rings is 1. The smallest absolute Gasteiger partial charge is 0.254 e. The van der Waals surface area contributed by atoms with E-state index in [0.717, 1.165) is 48.7 Å². The van der Waals surface area contributed by atoms with Gasteiger partial charge in [-0.05, 0) is 35.9 Å². The summed E-state index contributed by atoms with van der Waals surface area (Å²) in [5.74, 6) is 0.135. The molecule has 0 aliphatic carbocycles. The number of nitrogens with one attached hydrogen (secondary N) is 3. The average molecular weight is 443 g/mol. The number of hydrogen-bond acceptors (Lipinski definition) is 6. The van der Waals surface area contributed by atoms with Gasteiger partial charge in [-0.2, -0.15) is 0 Å². The lowest BCUT2D eigenvalue weighted by Gasteiger charge is -2.29.